The van der Waals surface area contributed by atoms with Crippen molar-refractivity contribution in [2.24, 2.45) is 5.92 Å². The number of nitrogens with one attached hydrogen (secondary N) is 1. The summed E-state index contributed by atoms with van der Waals surface area (Å²) in [6.45, 7) is 1.02. The van der Waals surface area contributed by atoms with Crippen LogP contribution in [-0.4, -0.2) is 18.5 Å². The fourth-order valence-corrected chi connectivity index (χ4v) is 1.42. The van der Waals surface area contributed by atoms with E-state index >= 15 is 0 Å². The molecule has 1 saturated carbocycles. The number of rotatable bonds is 2. The maximum absolute atomic E-state index is 12.3. The zero-order chi connectivity index (χ0) is 7.19. The van der Waals surface area contributed by atoms with E-state index in [1.54, 1.807) is 0 Å². The van der Waals surface area contributed by atoms with Crippen molar-refractivity contribution in [3.63, 3.8) is 0 Å². The highest BCUT2D eigenvalue weighted by Crippen LogP contribution is 2.51. The Kier molecular flexibility index (Phi) is 1.24. The molecule has 1 aliphatic carbocycles. The van der Waals surface area contributed by atoms with E-state index < -0.39 is 5.92 Å². The summed E-state index contributed by atoms with van der Waals surface area (Å²) in [7, 11) is 0. The fourth-order valence-electron chi connectivity index (χ4n) is 1.42. The van der Waals surface area contributed by atoms with Crippen LogP contribution in [0.15, 0.2) is 0 Å². The van der Waals surface area contributed by atoms with E-state index in [2.05, 4.69) is 5.32 Å². The standard InChI is InChI=1S/C7H11F2N/c8-7(9)4-5(7)3-6-1-2-10-6/h5-6,10H,1-4H2. The normalized spacial score (nSPS) is 42.6. The molecular weight excluding hydrogens is 136 g/mol. The maximum Gasteiger partial charge on any atom is 0.251 e. The summed E-state index contributed by atoms with van der Waals surface area (Å²) in [5, 5.41) is 3.12. The van der Waals surface area contributed by atoms with Crippen molar-refractivity contribution >= 4 is 0 Å². The lowest BCUT2D eigenvalue weighted by molar-refractivity contribution is 0.0918. The van der Waals surface area contributed by atoms with Crippen molar-refractivity contribution in [2.45, 2.75) is 31.2 Å². The van der Waals surface area contributed by atoms with Crippen LogP contribution >= 0.6 is 0 Å². The molecule has 0 spiro atoms. The summed E-state index contributed by atoms with van der Waals surface area (Å²) in [4.78, 5) is 0. The highest BCUT2D eigenvalue weighted by atomic mass is 19.3. The largest absolute Gasteiger partial charge is 0.314 e. The van der Waals surface area contributed by atoms with Gasteiger partial charge in [0.15, 0.2) is 0 Å². The predicted octanol–water partition coefficient (Wildman–Crippen LogP) is 1.39. The van der Waals surface area contributed by atoms with Gasteiger partial charge in [-0.25, -0.2) is 8.78 Å². The van der Waals surface area contributed by atoms with Crippen LogP contribution in [-0.2, 0) is 0 Å². The van der Waals surface area contributed by atoms with Crippen molar-refractivity contribution in [2.75, 3.05) is 6.54 Å². The average molecular weight is 147 g/mol. The SMILES string of the molecule is FC1(F)CC1CC1CCN1. The Balaban J connectivity index is 1.73. The summed E-state index contributed by atoms with van der Waals surface area (Å²) in [6, 6.07) is 0.401. The molecule has 1 aliphatic heterocycles. The number of halogens is 2. The van der Waals surface area contributed by atoms with E-state index in [1.165, 1.54) is 0 Å². The van der Waals surface area contributed by atoms with Crippen LogP contribution in [0.4, 0.5) is 8.78 Å². The van der Waals surface area contributed by atoms with E-state index in [4.69, 9.17) is 0 Å². The first kappa shape index (κ1) is 6.53. The first-order chi connectivity index (χ1) is 4.68. The molecule has 1 N–H and O–H groups in total. The van der Waals surface area contributed by atoms with Gasteiger partial charge in [-0.2, -0.15) is 0 Å². The van der Waals surface area contributed by atoms with Crippen molar-refractivity contribution in [1.29, 1.82) is 0 Å². The average Bonchev–Trinajstić information content (AvgIpc) is 2.29. The minimum atomic E-state index is -2.31. The molecule has 2 fully saturated rings. The second kappa shape index (κ2) is 1.91. The van der Waals surface area contributed by atoms with Gasteiger partial charge in [0.1, 0.15) is 0 Å². The van der Waals surface area contributed by atoms with Crippen molar-refractivity contribution < 1.29 is 8.78 Å². The summed E-state index contributed by atoms with van der Waals surface area (Å²) in [5.41, 5.74) is 0. The van der Waals surface area contributed by atoms with E-state index in [0.29, 0.717) is 12.5 Å². The fraction of sp³-hybridized carbons (Fsp3) is 1.00. The zero-order valence-corrected chi connectivity index (χ0v) is 5.74. The van der Waals surface area contributed by atoms with Gasteiger partial charge in [0, 0.05) is 18.4 Å². The summed E-state index contributed by atoms with van der Waals surface area (Å²) in [6.07, 6.45) is 1.91. The molecule has 1 saturated heterocycles. The van der Waals surface area contributed by atoms with Crippen molar-refractivity contribution in [1.82, 2.24) is 5.32 Å². The molecule has 58 valence electrons. The number of alkyl halides is 2. The van der Waals surface area contributed by atoms with Gasteiger partial charge in [-0.1, -0.05) is 0 Å². The third-order valence-electron chi connectivity index (χ3n) is 2.45. The van der Waals surface area contributed by atoms with Gasteiger partial charge in [-0.05, 0) is 19.4 Å². The summed E-state index contributed by atoms with van der Waals surface area (Å²) >= 11 is 0. The molecule has 10 heavy (non-hydrogen) atoms. The van der Waals surface area contributed by atoms with Gasteiger partial charge >= 0.3 is 0 Å². The van der Waals surface area contributed by atoms with Gasteiger partial charge in [0.05, 0.1) is 0 Å². The Morgan fingerprint density at radius 1 is 1.50 bits per heavy atom. The van der Waals surface area contributed by atoms with Gasteiger partial charge in [-0.3, -0.25) is 0 Å². The minimum Gasteiger partial charge on any atom is -0.314 e. The quantitative estimate of drug-likeness (QED) is 0.622. The number of hydrogen-bond acceptors (Lipinski definition) is 1. The summed E-state index contributed by atoms with van der Waals surface area (Å²) in [5.74, 6) is -2.61. The predicted molar refractivity (Wildman–Crippen MR) is 34.1 cm³/mol. The molecule has 2 unspecified atom stereocenters. The molecule has 2 aliphatic rings. The Labute approximate surface area is 58.8 Å². The molecule has 0 bridgehead atoms. The van der Waals surface area contributed by atoms with Crippen LogP contribution in [0, 0.1) is 5.92 Å². The summed E-state index contributed by atoms with van der Waals surface area (Å²) < 4.78 is 24.6. The lowest BCUT2D eigenvalue weighted by Gasteiger charge is -2.27. The Morgan fingerprint density at radius 2 is 2.10 bits per heavy atom. The molecule has 0 radical (unpaired) electrons. The zero-order valence-electron chi connectivity index (χ0n) is 5.74. The lowest BCUT2D eigenvalue weighted by Crippen LogP contribution is -2.43. The van der Waals surface area contributed by atoms with Crippen molar-refractivity contribution in [3.8, 4) is 0 Å². The van der Waals surface area contributed by atoms with Gasteiger partial charge in [0.2, 0.25) is 0 Å². The van der Waals surface area contributed by atoms with E-state index in [-0.39, 0.29) is 12.3 Å². The minimum absolute atomic E-state index is 0.130. The molecule has 1 heterocycles. The highest BCUT2D eigenvalue weighted by Gasteiger charge is 2.57. The Bertz CT molecular complexity index is 143. The van der Waals surface area contributed by atoms with Gasteiger partial charge in [-0.15, -0.1) is 0 Å². The van der Waals surface area contributed by atoms with Crippen LogP contribution in [0.3, 0.4) is 0 Å². The van der Waals surface area contributed by atoms with E-state index in [9.17, 15) is 8.78 Å². The monoisotopic (exact) mass is 147 g/mol. The first-order valence-electron chi connectivity index (χ1n) is 3.80. The van der Waals surface area contributed by atoms with Crippen LogP contribution in [0.25, 0.3) is 0 Å². The van der Waals surface area contributed by atoms with Crippen LogP contribution in [0.1, 0.15) is 19.3 Å². The second-order valence-electron chi connectivity index (χ2n) is 3.34. The van der Waals surface area contributed by atoms with E-state index in [1.807, 2.05) is 0 Å². The first-order valence-corrected chi connectivity index (χ1v) is 3.80. The van der Waals surface area contributed by atoms with Gasteiger partial charge < -0.3 is 5.32 Å². The van der Waals surface area contributed by atoms with Gasteiger partial charge in [0.25, 0.3) is 5.92 Å². The number of hydrogen-bond donors (Lipinski definition) is 1. The Hall–Kier alpha value is -0.180. The topological polar surface area (TPSA) is 12.0 Å². The Morgan fingerprint density at radius 3 is 2.40 bits per heavy atom. The molecule has 2 atom stereocenters. The maximum atomic E-state index is 12.3. The van der Waals surface area contributed by atoms with Crippen LogP contribution in [0.2, 0.25) is 0 Å². The molecule has 2 rings (SSSR count). The molecule has 3 heteroatoms. The molecule has 0 aromatic rings. The van der Waals surface area contributed by atoms with E-state index in [0.717, 1.165) is 13.0 Å². The molecule has 1 nitrogen and oxygen atoms in total. The molecule has 0 aromatic carbocycles. The third kappa shape index (κ3) is 1.03. The lowest BCUT2D eigenvalue weighted by atomic mass is 10.0. The van der Waals surface area contributed by atoms with Crippen molar-refractivity contribution in [3.05, 3.63) is 0 Å². The molecule has 0 aromatic heterocycles. The highest BCUT2D eigenvalue weighted by molar-refractivity contribution is 4.98. The molecular formula is C7H11F2N. The third-order valence-corrected chi connectivity index (χ3v) is 2.45. The second-order valence-corrected chi connectivity index (χ2v) is 3.34. The van der Waals surface area contributed by atoms with Crippen LogP contribution < -0.4 is 5.32 Å². The van der Waals surface area contributed by atoms with Crippen LogP contribution in [0.5, 0.6) is 0 Å². The smallest absolute Gasteiger partial charge is 0.251 e. The molecule has 0 amide bonds.